The maximum Gasteiger partial charge on any atom is 0.123 e. The molecule has 1 heteroatoms. The molecule has 0 aromatic heterocycles. The third-order valence-electron chi connectivity index (χ3n) is 6.08. The largest absolute Gasteiger partial charge is 0.489 e. The first-order valence-electron chi connectivity index (χ1n) is 9.68. The van der Waals surface area contributed by atoms with Crippen molar-refractivity contribution in [3.05, 3.63) is 95.1 Å². The maximum absolute atomic E-state index is 6.14. The van der Waals surface area contributed by atoms with Crippen LogP contribution in [0.25, 0.3) is 5.57 Å². The molecular formula is C25H24O. The van der Waals surface area contributed by atoms with E-state index in [1.54, 1.807) is 0 Å². The Bertz CT molecular complexity index is 913. The monoisotopic (exact) mass is 340 g/mol. The van der Waals surface area contributed by atoms with Gasteiger partial charge in [-0.1, -0.05) is 72.3 Å². The molecule has 0 spiro atoms. The fraction of sp³-hybridized carbons (Fsp3) is 0.280. The molecule has 5 rings (SSSR count). The van der Waals surface area contributed by atoms with Crippen LogP contribution in [0, 0.1) is 0 Å². The number of para-hydroxylation sites is 1. The number of ether oxygens (including phenoxy) is 1. The molecule has 3 unspecified atom stereocenters. The smallest absolute Gasteiger partial charge is 0.123 e. The van der Waals surface area contributed by atoms with Crippen LogP contribution in [0.3, 0.4) is 0 Å². The second-order valence-corrected chi connectivity index (χ2v) is 7.74. The molecule has 2 aromatic rings. The maximum atomic E-state index is 6.14. The normalized spacial score (nSPS) is 26.4. The van der Waals surface area contributed by atoms with Gasteiger partial charge in [-0.15, -0.1) is 0 Å². The van der Waals surface area contributed by atoms with Crippen molar-refractivity contribution in [2.24, 2.45) is 0 Å². The van der Waals surface area contributed by atoms with Gasteiger partial charge in [-0.05, 0) is 42.5 Å². The minimum absolute atomic E-state index is 0.317. The summed E-state index contributed by atoms with van der Waals surface area (Å²) in [5, 5.41) is 0. The first-order valence-corrected chi connectivity index (χ1v) is 9.68. The molecule has 0 fully saturated rings. The lowest BCUT2D eigenvalue weighted by Gasteiger charge is -2.25. The van der Waals surface area contributed by atoms with Gasteiger partial charge in [0.1, 0.15) is 11.9 Å². The minimum atomic E-state index is 0.317. The van der Waals surface area contributed by atoms with Crippen molar-refractivity contribution in [2.45, 2.75) is 44.1 Å². The molecule has 0 bridgehead atoms. The molecule has 0 radical (unpaired) electrons. The SMILES string of the molecule is CC1=CCC(c2ccc(C3=CCC4Oc5ccccc5C4C3)cc2)C=C1. The molecule has 1 heterocycles. The van der Waals surface area contributed by atoms with E-state index in [1.165, 1.54) is 27.8 Å². The molecular weight excluding hydrogens is 316 g/mol. The quantitative estimate of drug-likeness (QED) is 0.615. The van der Waals surface area contributed by atoms with Crippen LogP contribution in [0.1, 0.15) is 54.7 Å². The Morgan fingerprint density at radius 1 is 0.923 bits per heavy atom. The Labute approximate surface area is 155 Å². The van der Waals surface area contributed by atoms with Crippen molar-refractivity contribution in [3.8, 4) is 5.75 Å². The van der Waals surface area contributed by atoms with Gasteiger partial charge in [-0.2, -0.15) is 0 Å². The molecule has 0 saturated heterocycles. The van der Waals surface area contributed by atoms with Crippen LogP contribution in [0.2, 0.25) is 0 Å². The zero-order valence-electron chi connectivity index (χ0n) is 15.2. The molecule has 1 aliphatic heterocycles. The molecule has 3 atom stereocenters. The van der Waals surface area contributed by atoms with Gasteiger partial charge in [0, 0.05) is 23.8 Å². The lowest BCUT2D eigenvalue weighted by Crippen LogP contribution is -2.21. The summed E-state index contributed by atoms with van der Waals surface area (Å²) in [5.41, 5.74) is 7.00. The van der Waals surface area contributed by atoms with Crippen LogP contribution in [0.15, 0.2) is 78.4 Å². The van der Waals surface area contributed by atoms with Crippen molar-refractivity contribution >= 4 is 5.57 Å². The summed E-state index contributed by atoms with van der Waals surface area (Å²) in [6.07, 6.45) is 12.8. The zero-order valence-corrected chi connectivity index (χ0v) is 15.2. The van der Waals surface area contributed by atoms with Gasteiger partial charge in [-0.25, -0.2) is 0 Å². The van der Waals surface area contributed by atoms with E-state index in [0.29, 0.717) is 17.9 Å². The summed E-state index contributed by atoms with van der Waals surface area (Å²) in [4.78, 5) is 0. The van der Waals surface area contributed by atoms with Gasteiger partial charge >= 0.3 is 0 Å². The molecule has 2 aromatic carbocycles. The zero-order chi connectivity index (χ0) is 17.5. The van der Waals surface area contributed by atoms with Crippen LogP contribution in [0.5, 0.6) is 5.75 Å². The first-order chi connectivity index (χ1) is 12.8. The standard InChI is InChI=1S/C25H24O/c1-17-6-8-18(9-7-17)19-10-12-20(13-11-19)21-14-15-25-23(16-21)22-4-2-3-5-24(22)26-25/h2-8,10-14,18,23,25H,9,15-16H2,1H3. The predicted octanol–water partition coefficient (Wildman–Crippen LogP) is 6.40. The second kappa shape index (κ2) is 6.32. The summed E-state index contributed by atoms with van der Waals surface area (Å²) >= 11 is 0. The van der Waals surface area contributed by atoms with Crippen molar-refractivity contribution in [2.75, 3.05) is 0 Å². The highest BCUT2D eigenvalue weighted by molar-refractivity contribution is 5.68. The van der Waals surface area contributed by atoms with Gasteiger partial charge in [0.05, 0.1) is 0 Å². The first kappa shape index (κ1) is 15.7. The van der Waals surface area contributed by atoms with E-state index in [2.05, 4.69) is 79.8 Å². The summed E-state index contributed by atoms with van der Waals surface area (Å²) in [6, 6.07) is 17.8. The van der Waals surface area contributed by atoms with Crippen molar-refractivity contribution < 1.29 is 4.74 Å². The Morgan fingerprint density at radius 2 is 1.77 bits per heavy atom. The van der Waals surface area contributed by atoms with E-state index in [-0.39, 0.29) is 0 Å². The molecule has 130 valence electrons. The molecule has 0 saturated carbocycles. The Balaban J connectivity index is 1.36. The topological polar surface area (TPSA) is 9.23 Å². The Hall–Kier alpha value is -2.54. The van der Waals surface area contributed by atoms with Crippen LogP contribution in [-0.4, -0.2) is 6.10 Å². The molecule has 3 aliphatic rings. The lowest BCUT2D eigenvalue weighted by molar-refractivity contribution is 0.205. The van der Waals surface area contributed by atoms with Gasteiger partial charge in [0.25, 0.3) is 0 Å². The average molecular weight is 340 g/mol. The van der Waals surface area contributed by atoms with Crippen molar-refractivity contribution in [1.82, 2.24) is 0 Å². The van der Waals surface area contributed by atoms with E-state index in [9.17, 15) is 0 Å². The minimum Gasteiger partial charge on any atom is -0.489 e. The van der Waals surface area contributed by atoms with Gasteiger partial charge in [0.2, 0.25) is 0 Å². The molecule has 26 heavy (non-hydrogen) atoms. The van der Waals surface area contributed by atoms with Crippen molar-refractivity contribution in [1.29, 1.82) is 0 Å². The average Bonchev–Trinajstić information content (AvgIpc) is 3.07. The molecule has 0 N–H and O–H groups in total. The second-order valence-electron chi connectivity index (χ2n) is 7.74. The third kappa shape index (κ3) is 2.72. The number of rotatable bonds is 2. The Morgan fingerprint density at radius 3 is 2.58 bits per heavy atom. The van der Waals surface area contributed by atoms with Crippen LogP contribution >= 0.6 is 0 Å². The molecule has 0 amide bonds. The lowest BCUT2D eigenvalue weighted by atomic mass is 9.80. The third-order valence-corrected chi connectivity index (χ3v) is 6.08. The van der Waals surface area contributed by atoms with Gasteiger partial charge < -0.3 is 4.74 Å². The number of fused-ring (bicyclic) bond motifs is 3. The highest BCUT2D eigenvalue weighted by Crippen LogP contribution is 2.47. The van der Waals surface area contributed by atoms with E-state index < -0.39 is 0 Å². The van der Waals surface area contributed by atoms with Gasteiger partial charge in [0.15, 0.2) is 0 Å². The summed E-state index contributed by atoms with van der Waals surface area (Å²) < 4.78 is 6.14. The number of allylic oxidation sites excluding steroid dienone is 5. The molecule has 2 aliphatic carbocycles. The van der Waals surface area contributed by atoms with Crippen LogP contribution in [0.4, 0.5) is 0 Å². The van der Waals surface area contributed by atoms with Crippen molar-refractivity contribution in [3.63, 3.8) is 0 Å². The number of hydrogen-bond donors (Lipinski definition) is 0. The summed E-state index contributed by atoms with van der Waals surface area (Å²) in [7, 11) is 0. The number of benzene rings is 2. The van der Waals surface area contributed by atoms with E-state index in [1.807, 2.05) is 0 Å². The van der Waals surface area contributed by atoms with E-state index in [4.69, 9.17) is 4.74 Å². The summed E-state index contributed by atoms with van der Waals surface area (Å²) in [5.74, 6) is 2.10. The van der Waals surface area contributed by atoms with E-state index >= 15 is 0 Å². The van der Waals surface area contributed by atoms with Crippen LogP contribution < -0.4 is 4.74 Å². The predicted molar refractivity (Wildman–Crippen MR) is 108 cm³/mol. The molecule has 1 nitrogen and oxygen atoms in total. The van der Waals surface area contributed by atoms with E-state index in [0.717, 1.165) is 25.0 Å². The Kier molecular flexibility index (Phi) is 3.81. The highest BCUT2D eigenvalue weighted by atomic mass is 16.5. The van der Waals surface area contributed by atoms with Gasteiger partial charge in [-0.3, -0.25) is 0 Å². The summed E-state index contributed by atoms with van der Waals surface area (Å²) in [6.45, 7) is 2.17. The fourth-order valence-electron chi connectivity index (χ4n) is 4.53. The highest BCUT2D eigenvalue weighted by Gasteiger charge is 2.36. The number of hydrogen-bond acceptors (Lipinski definition) is 1. The van der Waals surface area contributed by atoms with Crippen LogP contribution in [-0.2, 0) is 0 Å². The fourth-order valence-corrected chi connectivity index (χ4v) is 4.53.